The topological polar surface area (TPSA) is 66.5 Å². The summed E-state index contributed by atoms with van der Waals surface area (Å²) in [6.07, 6.45) is 3.33. The molecule has 1 amide bonds. The van der Waals surface area contributed by atoms with Gasteiger partial charge in [-0.3, -0.25) is 4.79 Å². The van der Waals surface area contributed by atoms with Crippen molar-refractivity contribution in [1.29, 1.82) is 0 Å². The average Bonchev–Trinajstić information content (AvgIpc) is 2.57. The van der Waals surface area contributed by atoms with Gasteiger partial charge in [-0.25, -0.2) is 12.7 Å². The number of halogens is 2. The normalized spacial score (nSPS) is 18.9. The molecule has 8 heteroatoms. The quantitative estimate of drug-likeness (QED) is 0.704. The molecule has 1 N–H and O–H groups in total. The second-order valence-electron chi connectivity index (χ2n) is 6.33. The minimum absolute atomic E-state index is 0.0575. The molecule has 0 bridgehead atoms. The number of hydrogen-bond donors (Lipinski definition) is 1. The van der Waals surface area contributed by atoms with Crippen LogP contribution in [0.1, 0.15) is 38.2 Å². The molecule has 0 unspecified atom stereocenters. The van der Waals surface area contributed by atoms with Crippen LogP contribution in [0.25, 0.3) is 0 Å². The van der Waals surface area contributed by atoms with Gasteiger partial charge in [0.2, 0.25) is 15.9 Å². The highest BCUT2D eigenvalue weighted by molar-refractivity contribution is 7.88. The van der Waals surface area contributed by atoms with Gasteiger partial charge in [0.15, 0.2) is 0 Å². The third-order valence-electron chi connectivity index (χ3n) is 4.33. The van der Waals surface area contributed by atoms with E-state index in [1.165, 1.54) is 10.4 Å². The second kappa shape index (κ2) is 9.21. The average molecular weight is 407 g/mol. The van der Waals surface area contributed by atoms with E-state index in [2.05, 4.69) is 12.2 Å². The number of amides is 1. The molecule has 0 aromatic heterocycles. The van der Waals surface area contributed by atoms with Crippen molar-refractivity contribution in [3.8, 4) is 0 Å². The minimum atomic E-state index is -3.54. The molecule has 1 aromatic carbocycles. The molecule has 0 spiro atoms. The van der Waals surface area contributed by atoms with Crippen LogP contribution >= 0.6 is 23.2 Å². The molecule has 0 aliphatic carbocycles. The number of carbonyl (C=O) groups is 1. The van der Waals surface area contributed by atoms with Gasteiger partial charge in [0, 0.05) is 29.7 Å². The van der Waals surface area contributed by atoms with E-state index in [0.29, 0.717) is 41.5 Å². The molecule has 1 aliphatic rings. The molecule has 1 aromatic rings. The fraction of sp³-hybridized carbons (Fsp3) is 0.588. The van der Waals surface area contributed by atoms with Crippen LogP contribution in [-0.2, 0) is 20.6 Å². The lowest BCUT2D eigenvalue weighted by Crippen LogP contribution is -2.45. The molecule has 140 valence electrons. The first-order valence-corrected chi connectivity index (χ1v) is 10.9. The van der Waals surface area contributed by atoms with E-state index in [4.69, 9.17) is 23.2 Å². The third-order valence-corrected chi connectivity index (χ3v) is 6.71. The molecule has 1 fully saturated rings. The Morgan fingerprint density at radius 3 is 2.80 bits per heavy atom. The van der Waals surface area contributed by atoms with Crippen molar-refractivity contribution in [2.45, 2.75) is 38.4 Å². The van der Waals surface area contributed by atoms with Crippen molar-refractivity contribution in [2.75, 3.05) is 19.6 Å². The Kier molecular flexibility index (Phi) is 7.55. The summed E-state index contributed by atoms with van der Waals surface area (Å²) in [7, 11) is -3.54. The summed E-state index contributed by atoms with van der Waals surface area (Å²) < 4.78 is 26.9. The van der Waals surface area contributed by atoms with Crippen LogP contribution in [0.2, 0.25) is 10.0 Å². The van der Waals surface area contributed by atoms with E-state index in [-0.39, 0.29) is 24.1 Å². The summed E-state index contributed by atoms with van der Waals surface area (Å²) in [6, 6.07) is 4.79. The van der Waals surface area contributed by atoms with Gasteiger partial charge in [-0.2, -0.15) is 0 Å². The number of sulfonamides is 1. The maximum absolute atomic E-state index is 12.7. The molecule has 1 saturated heterocycles. The zero-order valence-corrected chi connectivity index (χ0v) is 16.6. The Morgan fingerprint density at radius 2 is 2.12 bits per heavy atom. The van der Waals surface area contributed by atoms with Crippen molar-refractivity contribution in [1.82, 2.24) is 9.62 Å². The molecule has 2 rings (SSSR count). The molecular weight excluding hydrogens is 383 g/mol. The minimum Gasteiger partial charge on any atom is -0.356 e. The van der Waals surface area contributed by atoms with Gasteiger partial charge in [-0.15, -0.1) is 0 Å². The predicted molar refractivity (Wildman–Crippen MR) is 101 cm³/mol. The summed E-state index contributed by atoms with van der Waals surface area (Å²) in [4.78, 5) is 12.2. The number of rotatable bonds is 7. The first-order valence-electron chi connectivity index (χ1n) is 8.53. The van der Waals surface area contributed by atoms with E-state index in [0.717, 1.165) is 12.8 Å². The molecule has 0 saturated carbocycles. The van der Waals surface area contributed by atoms with Crippen LogP contribution in [-0.4, -0.2) is 38.3 Å². The molecule has 1 aliphatic heterocycles. The largest absolute Gasteiger partial charge is 0.356 e. The highest BCUT2D eigenvalue weighted by atomic mass is 35.5. The lowest BCUT2D eigenvalue weighted by Gasteiger charge is -2.31. The van der Waals surface area contributed by atoms with E-state index in [1.807, 2.05) is 0 Å². The van der Waals surface area contributed by atoms with Crippen LogP contribution in [0.15, 0.2) is 18.2 Å². The summed E-state index contributed by atoms with van der Waals surface area (Å²) in [6.45, 7) is 3.36. The van der Waals surface area contributed by atoms with Crippen molar-refractivity contribution in [2.24, 2.45) is 5.92 Å². The Balaban J connectivity index is 2.02. The van der Waals surface area contributed by atoms with Crippen LogP contribution in [0.5, 0.6) is 0 Å². The molecule has 5 nitrogen and oxygen atoms in total. The fourth-order valence-corrected chi connectivity index (χ4v) is 5.06. The zero-order valence-electron chi connectivity index (χ0n) is 14.3. The third kappa shape index (κ3) is 5.84. The van der Waals surface area contributed by atoms with Gasteiger partial charge < -0.3 is 5.32 Å². The van der Waals surface area contributed by atoms with Gasteiger partial charge in [-0.05, 0) is 37.0 Å². The highest BCUT2D eigenvalue weighted by Crippen LogP contribution is 2.26. The number of benzene rings is 1. The SMILES string of the molecule is CCCCNC(=O)[C@@H]1CCCN(S(=O)(=O)Cc2ccc(Cl)cc2Cl)C1. The van der Waals surface area contributed by atoms with Crippen LogP contribution < -0.4 is 5.32 Å². The lowest BCUT2D eigenvalue weighted by molar-refractivity contribution is -0.126. The number of piperidine rings is 1. The van der Waals surface area contributed by atoms with Crippen molar-refractivity contribution < 1.29 is 13.2 Å². The maximum atomic E-state index is 12.7. The van der Waals surface area contributed by atoms with Crippen LogP contribution in [0, 0.1) is 5.92 Å². The van der Waals surface area contributed by atoms with E-state index in [9.17, 15) is 13.2 Å². The highest BCUT2D eigenvalue weighted by Gasteiger charge is 2.32. The van der Waals surface area contributed by atoms with Gasteiger partial charge in [0.25, 0.3) is 0 Å². The zero-order chi connectivity index (χ0) is 18.4. The molecular formula is C17H24Cl2N2O3S. The number of nitrogens with zero attached hydrogens (tertiary/aromatic N) is 1. The molecule has 1 heterocycles. The predicted octanol–water partition coefficient (Wildman–Crippen LogP) is 3.45. The van der Waals surface area contributed by atoms with E-state index in [1.54, 1.807) is 12.1 Å². The first-order chi connectivity index (χ1) is 11.8. The Labute approximate surface area is 159 Å². The fourth-order valence-electron chi connectivity index (χ4n) is 2.87. The van der Waals surface area contributed by atoms with Crippen molar-refractivity contribution >= 4 is 39.1 Å². The van der Waals surface area contributed by atoms with Crippen molar-refractivity contribution in [3.05, 3.63) is 33.8 Å². The Bertz CT molecular complexity index is 710. The number of unbranched alkanes of at least 4 members (excludes halogenated alkanes) is 1. The summed E-state index contributed by atoms with van der Waals surface area (Å²) in [5.74, 6) is -0.536. The monoisotopic (exact) mass is 406 g/mol. The standard InChI is InChI=1S/C17H24Cl2N2O3S/c1-2-3-8-20-17(22)13-5-4-9-21(11-13)25(23,24)12-14-6-7-15(18)10-16(14)19/h6-7,10,13H,2-5,8-9,11-12H2,1H3,(H,20,22)/t13-/m1/s1. The van der Waals surface area contributed by atoms with Crippen LogP contribution in [0.4, 0.5) is 0 Å². The summed E-state index contributed by atoms with van der Waals surface area (Å²) >= 11 is 11.9. The molecule has 1 atom stereocenters. The van der Waals surface area contributed by atoms with Gasteiger partial charge in [0.05, 0.1) is 11.7 Å². The Morgan fingerprint density at radius 1 is 1.36 bits per heavy atom. The summed E-state index contributed by atoms with van der Waals surface area (Å²) in [5, 5.41) is 3.69. The Hall–Kier alpha value is -0.820. The molecule has 0 radical (unpaired) electrons. The smallest absolute Gasteiger partial charge is 0.224 e. The maximum Gasteiger partial charge on any atom is 0.224 e. The summed E-state index contributed by atoms with van der Waals surface area (Å²) in [5.41, 5.74) is 0.514. The van der Waals surface area contributed by atoms with E-state index < -0.39 is 10.0 Å². The van der Waals surface area contributed by atoms with Gasteiger partial charge in [-0.1, -0.05) is 42.6 Å². The van der Waals surface area contributed by atoms with Crippen molar-refractivity contribution in [3.63, 3.8) is 0 Å². The van der Waals surface area contributed by atoms with Gasteiger partial charge in [0.1, 0.15) is 0 Å². The second-order valence-corrected chi connectivity index (χ2v) is 9.15. The lowest BCUT2D eigenvalue weighted by atomic mass is 9.99. The number of carbonyl (C=O) groups excluding carboxylic acids is 1. The van der Waals surface area contributed by atoms with Crippen LogP contribution in [0.3, 0.4) is 0 Å². The molecule has 25 heavy (non-hydrogen) atoms. The first kappa shape index (κ1) is 20.5. The van der Waals surface area contributed by atoms with E-state index >= 15 is 0 Å². The number of hydrogen-bond acceptors (Lipinski definition) is 3. The number of nitrogens with one attached hydrogen (secondary N) is 1. The van der Waals surface area contributed by atoms with Gasteiger partial charge >= 0.3 is 0 Å².